The Morgan fingerprint density at radius 2 is 1.82 bits per heavy atom. The summed E-state index contributed by atoms with van der Waals surface area (Å²) >= 11 is 1.62. The Balaban J connectivity index is 1.84. The van der Waals surface area contributed by atoms with Gasteiger partial charge in [0.25, 0.3) is 5.91 Å². The first kappa shape index (κ1) is 18.4. The predicted octanol–water partition coefficient (Wildman–Crippen LogP) is 5.60. The first-order valence-corrected chi connectivity index (χ1v) is 10.0. The summed E-state index contributed by atoms with van der Waals surface area (Å²) in [5.74, 6) is -0.383. The second-order valence-corrected chi connectivity index (χ2v) is 7.59. The summed E-state index contributed by atoms with van der Waals surface area (Å²) in [5, 5.41) is 2.90. The smallest absolute Gasteiger partial charge is 0.251 e. The lowest BCUT2D eigenvalue weighted by Gasteiger charge is -2.08. The molecule has 0 spiro atoms. The minimum atomic E-state index is -0.282. The molecule has 28 heavy (non-hydrogen) atoms. The molecule has 0 bridgehead atoms. The van der Waals surface area contributed by atoms with Crippen LogP contribution in [-0.2, 0) is 0 Å². The zero-order valence-corrected chi connectivity index (χ0v) is 16.2. The number of fused-ring (bicyclic) bond motifs is 2. The van der Waals surface area contributed by atoms with Crippen molar-refractivity contribution in [2.45, 2.75) is 23.1 Å². The van der Waals surface area contributed by atoms with Gasteiger partial charge >= 0.3 is 0 Å². The molecule has 0 fully saturated rings. The van der Waals surface area contributed by atoms with Gasteiger partial charge in [-0.1, -0.05) is 36.9 Å². The Morgan fingerprint density at radius 3 is 2.61 bits per heavy atom. The lowest BCUT2D eigenvalue weighted by Crippen LogP contribution is -2.23. The number of carbonyl (C=O) groups excluding carboxylic acids is 1. The van der Waals surface area contributed by atoms with Crippen LogP contribution in [0.25, 0.3) is 0 Å². The molecule has 3 aromatic carbocycles. The minimum absolute atomic E-state index is 0.102. The fraction of sp³-hybridized carbons (Fsp3) is 0.130. The topological polar surface area (TPSA) is 41.5 Å². The number of rotatable bonds is 4. The van der Waals surface area contributed by atoms with E-state index < -0.39 is 0 Å². The molecule has 1 N–H and O–H groups in total. The fourth-order valence-corrected chi connectivity index (χ4v) is 4.05. The Hall–Kier alpha value is -2.92. The molecular formula is C23H19FN2OS. The van der Waals surface area contributed by atoms with Crippen molar-refractivity contribution >= 4 is 29.1 Å². The van der Waals surface area contributed by atoms with Crippen LogP contribution in [-0.4, -0.2) is 18.2 Å². The molecule has 1 amide bonds. The quantitative estimate of drug-likeness (QED) is 0.493. The summed E-state index contributed by atoms with van der Waals surface area (Å²) in [4.78, 5) is 19.3. The molecule has 0 aliphatic carbocycles. The molecule has 0 aromatic heterocycles. The minimum Gasteiger partial charge on any atom is -0.352 e. The fourth-order valence-electron chi connectivity index (χ4n) is 3.05. The zero-order valence-electron chi connectivity index (χ0n) is 15.4. The molecule has 3 aromatic rings. The van der Waals surface area contributed by atoms with Crippen LogP contribution in [0, 0.1) is 5.82 Å². The molecule has 3 nitrogen and oxygen atoms in total. The van der Waals surface area contributed by atoms with Crippen LogP contribution < -0.4 is 5.32 Å². The lowest BCUT2D eigenvalue weighted by molar-refractivity contribution is 0.0953. The predicted molar refractivity (Wildman–Crippen MR) is 111 cm³/mol. The molecule has 1 aliphatic heterocycles. The second kappa shape index (κ2) is 7.98. The number of nitrogens with zero attached hydrogens (tertiary/aromatic N) is 1. The average Bonchev–Trinajstić information content (AvgIpc) is 2.88. The van der Waals surface area contributed by atoms with Crippen LogP contribution >= 0.6 is 11.8 Å². The Morgan fingerprint density at radius 1 is 1.04 bits per heavy atom. The Labute approximate surface area is 167 Å². The van der Waals surface area contributed by atoms with E-state index in [4.69, 9.17) is 4.99 Å². The maximum atomic E-state index is 13.4. The van der Waals surface area contributed by atoms with Gasteiger partial charge in [0, 0.05) is 33.0 Å². The first-order valence-electron chi connectivity index (χ1n) is 9.20. The van der Waals surface area contributed by atoms with Crippen LogP contribution in [0.3, 0.4) is 0 Å². The average molecular weight is 390 g/mol. The van der Waals surface area contributed by atoms with E-state index in [1.54, 1.807) is 23.9 Å². The summed E-state index contributed by atoms with van der Waals surface area (Å²) in [5.41, 5.74) is 3.93. The van der Waals surface area contributed by atoms with Crippen molar-refractivity contribution in [1.29, 1.82) is 0 Å². The largest absolute Gasteiger partial charge is 0.352 e. The highest BCUT2D eigenvalue weighted by atomic mass is 32.2. The molecule has 140 valence electrons. The SMILES string of the molecule is CCCNC(=O)c1ccc2c(c1)N=C(c1ccc(F)cc1)c1ccccc1S2. The van der Waals surface area contributed by atoms with Crippen molar-refractivity contribution in [1.82, 2.24) is 5.32 Å². The van der Waals surface area contributed by atoms with Gasteiger partial charge in [-0.25, -0.2) is 9.38 Å². The molecule has 0 saturated heterocycles. The van der Waals surface area contributed by atoms with E-state index in [1.165, 1.54) is 12.1 Å². The lowest BCUT2D eigenvalue weighted by atomic mass is 10.0. The van der Waals surface area contributed by atoms with E-state index in [-0.39, 0.29) is 11.7 Å². The molecule has 0 atom stereocenters. The third-order valence-electron chi connectivity index (χ3n) is 4.47. The van der Waals surface area contributed by atoms with E-state index in [2.05, 4.69) is 11.4 Å². The van der Waals surface area contributed by atoms with E-state index in [0.717, 1.165) is 38.7 Å². The van der Waals surface area contributed by atoms with Crippen LogP contribution in [0.1, 0.15) is 34.8 Å². The first-order chi connectivity index (χ1) is 13.7. The number of benzene rings is 3. The maximum Gasteiger partial charge on any atom is 0.251 e. The molecule has 1 heterocycles. The molecule has 1 aliphatic rings. The van der Waals surface area contributed by atoms with Crippen molar-refractivity contribution in [3.63, 3.8) is 0 Å². The summed E-state index contributed by atoms with van der Waals surface area (Å²) in [6.07, 6.45) is 0.884. The number of hydrogen-bond donors (Lipinski definition) is 1. The summed E-state index contributed by atoms with van der Waals surface area (Å²) in [6, 6.07) is 20.0. The summed E-state index contributed by atoms with van der Waals surface area (Å²) < 4.78 is 13.4. The number of nitrogens with one attached hydrogen (secondary N) is 1. The summed E-state index contributed by atoms with van der Waals surface area (Å²) in [7, 11) is 0. The van der Waals surface area contributed by atoms with Gasteiger partial charge in [-0.3, -0.25) is 4.79 Å². The van der Waals surface area contributed by atoms with Crippen molar-refractivity contribution in [3.8, 4) is 0 Å². The maximum absolute atomic E-state index is 13.4. The highest BCUT2D eigenvalue weighted by molar-refractivity contribution is 7.99. The van der Waals surface area contributed by atoms with Gasteiger partial charge in [0.15, 0.2) is 0 Å². The van der Waals surface area contributed by atoms with Gasteiger partial charge in [0.1, 0.15) is 5.82 Å². The Kier molecular flexibility index (Phi) is 5.26. The van der Waals surface area contributed by atoms with E-state index in [0.29, 0.717) is 12.1 Å². The number of amides is 1. The van der Waals surface area contributed by atoms with Crippen molar-refractivity contribution in [2.24, 2.45) is 4.99 Å². The molecular weight excluding hydrogens is 371 g/mol. The highest BCUT2D eigenvalue weighted by Gasteiger charge is 2.19. The van der Waals surface area contributed by atoms with E-state index >= 15 is 0 Å². The van der Waals surface area contributed by atoms with Gasteiger partial charge in [0.2, 0.25) is 0 Å². The normalized spacial score (nSPS) is 12.4. The van der Waals surface area contributed by atoms with E-state index in [9.17, 15) is 9.18 Å². The van der Waals surface area contributed by atoms with Gasteiger partial charge in [0.05, 0.1) is 11.4 Å². The summed E-state index contributed by atoms with van der Waals surface area (Å²) in [6.45, 7) is 2.66. The van der Waals surface area contributed by atoms with Gasteiger partial charge in [-0.05, 0) is 55.0 Å². The Bertz CT molecular complexity index is 1060. The second-order valence-electron chi connectivity index (χ2n) is 6.50. The monoisotopic (exact) mass is 390 g/mol. The molecule has 0 unspecified atom stereocenters. The van der Waals surface area contributed by atoms with Crippen LogP contribution in [0.2, 0.25) is 0 Å². The molecule has 0 saturated carbocycles. The molecule has 5 heteroatoms. The highest BCUT2D eigenvalue weighted by Crippen LogP contribution is 2.41. The molecule has 0 radical (unpaired) electrons. The third-order valence-corrected chi connectivity index (χ3v) is 5.61. The third kappa shape index (κ3) is 3.71. The van der Waals surface area contributed by atoms with Crippen LogP contribution in [0.15, 0.2) is 81.5 Å². The standard InChI is InChI=1S/C23H19FN2OS/c1-2-13-25-23(27)16-9-12-21-19(14-16)26-22(15-7-10-17(24)11-8-15)18-5-3-4-6-20(18)28-21/h3-12,14H,2,13H2,1H3,(H,25,27). The molecule has 4 rings (SSSR count). The number of hydrogen-bond acceptors (Lipinski definition) is 3. The zero-order chi connectivity index (χ0) is 19.5. The van der Waals surface area contributed by atoms with E-state index in [1.807, 2.05) is 43.3 Å². The van der Waals surface area contributed by atoms with Crippen molar-refractivity contribution in [2.75, 3.05) is 6.54 Å². The van der Waals surface area contributed by atoms with Crippen molar-refractivity contribution < 1.29 is 9.18 Å². The number of halogens is 1. The number of carbonyl (C=O) groups is 1. The van der Waals surface area contributed by atoms with Gasteiger partial charge in [-0.2, -0.15) is 0 Å². The number of aliphatic imine (C=N–C) groups is 1. The van der Waals surface area contributed by atoms with Gasteiger partial charge < -0.3 is 5.32 Å². The van der Waals surface area contributed by atoms with Crippen LogP contribution in [0.5, 0.6) is 0 Å². The van der Waals surface area contributed by atoms with Crippen molar-refractivity contribution in [3.05, 3.63) is 89.2 Å². The van der Waals surface area contributed by atoms with Gasteiger partial charge in [-0.15, -0.1) is 0 Å². The van der Waals surface area contributed by atoms with Crippen LogP contribution in [0.4, 0.5) is 10.1 Å².